The molecule has 6 rings (SSSR count). The van der Waals surface area contributed by atoms with Crippen LogP contribution in [0.3, 0.4) is 0 Å². The minimum atomic E-state index is -0.356. The molecule has 1 aliphatic heterocycles. The number of urea groups is 1. The van der Waals surface area contributed by atoms with Crippen molar-refractivity contribution in [3.05, 3.63) is 78.9 Å². The number of rotatable bonds is 4. The van der Waals surface area contributed by atoms with E-state index in [1.807, 2.05) is 30.5 Å². The van der Waals surface area contributed by atoms with E-state index in [2.05, 4.69) is 52.7 Å². The van der Waals surface area contributed by atoms with Crippen LogP contribution in [0.2, 0.25) is 0 Å². The van der Waals surface area contributed by atoms with Crippen LogP contribution in [-0.2, 0) is 0 Å². The summed E-state index contributed by atoms with van der Waals surface area (Å²) in [5, 5.41) is 1.06. The number of nitrogens with two attached hydrogens (primary N) is 2. The topological polar surface area (TPSA) is 115 Å². The molecule has 2 amide bonds. The summed E-state index contributed by atoms with van der Waals surface area (Å²) in [7, 11) is 0. The molecule has 5 aromatic rings. The van der Waals surface area contributed by atoms with Crippen molar-refractivity contribution in [1.29, 1.82) is 0 Å². The lowest BCUT2D eigenvalue weighted by atomic mass is 9.89. The van der Waals surface area contributed by atoms with Gasteiger partial charge in [0.25, 0.3) is 0 Å². The van der Waals surface area contributed by atoms with Gasteiger partial charge >= 0.3 is 6.03 Å². The molecule has 2 aromatic carbocycles. The Labute approximate surface area is 215 Å². The number of pyridine rings is 1. The zero-order valence-corrected chi connectivity index (χ0v) is 20.7. The number of amides is 2. The Kier molecular flexibility index (Phi) is 5.71. The molecule has 0 bridgehead atoms. The average Bonchev–Trinajstić information content (AvgIpc) is 3.33. The van der Waals surface area contributed by atoms with E-state index in [0.29, 0.717) is 12.4 Å². The highest BCUT2D eigenvalue weighted by Gasteiger charge is 2.33. The fourth-order valence-corrected chi connectivity index (χ4v) is 5.57. The monoisotopic (exact) mass is 491 g/mol. The molecular formula is C29H29N7O. The normalized spacial score (nSPS) is 17.9. The Morgan fingerprint density at radius 1 is 1.05 bits per heavy atom. The molecule has 2 unspecified atom stereocenters. The summed E-state index contributed by atoms with van der Waals surface area (Å²) < 4.78 is 2.06. The zero-order chi connectivity index (χ0) is 25.5. The Bertz CT molecular complexity index is 1610. The molecule has 8 nitrogen and oxygen atoms in total. The first-order valence-corrected chi connectivity index (χ1v) is 12.7. The van der Waals surface area contributed by atoms with Crippen LogP contribution in [0.1, 0.15) is 37.9 Å². The number of hydrogen-bond donors (Lipinski definition) is 2. The molecule has 1 aliphatic rings. The van der Waals surface area contributed by atoms with Gasteiger partial charge in [0, 0.05) is 47.4 Å². The third kappa shape index (κ3) is 4.04. The summed E-state index contributed by atoms with van der Waals surface area (Å²) >= 11 is 0. The molecule has 0 saturated carbocycles. The zero-order valence-electron chi connectivity index (χ0n) is 20.7. The summed E-state index contributed by atoms with van der Waals surface area (Å²) in [6.07, 6.45) is 6.08. The summed E-state index contributed by atoms with van der Waals surface area (Å²) in [4.78, 5) is 28.2. The molecule has 0 spiro atoms. The maximum atomic E-state index is 11.9. The quantitative estimate of drug-likeness (QED) is 0.357. The number of nitrogens with zero attached hydrogens (tertiary/aromatic N) is 5. The van der Waals surface area contributed by atoms with Crippen LogP contribution in [-0.4, -0.2) is 42.9 Å². The van der Waals surface area contributed by atoms with Gasteiger partial charge < -0.3 is 16.4 Å². The van der Waals surface area contributed by atoms with Gasteiger partial charge in [-0.3, -0.25) is 4.40 Å². The second-order valence-electron chi connectivity index (χ2n) is 9.63. The Hall–Kier alpha value is -4.46. The number of anilines is 1. The average molecular weight is 492 g/mol. The second-order valence-corrected chi connectivity index (χ2v) is 9.63. The number of piperidine rings is 1. The summed E-state index contributed by atoms with van der Waals surface area (Å²) in [6.45, 7) is 2.71. The van der Waals surface area contributed by atoms with Crippen LogP contribution in [0, 0.1) is 0 Å². The predicted molar refractivity (Wildman–Crippen MR) is 146 cm³/mol. The SMILES string of the molecule is CCC1CC(c2nc(-c3ccc4ccc(-c5ccccc5)nc4c3)c3c(N)nccn23)CCN1C(N)=O. The number of primary amides is 1. The van der Waals surface area contributed by atoms with Crippen molar-refractivity contribution in [1.82, 2.24) is 24.3 Å². The molecule has 1 fully saturated rings. The fourth-order valence-electron chi connectivity index (χ4n) is 5.57. The Morgan fingerprint density at radius 3 is 2.65 bits per heavy atom. The number of benzene rings is 2. The van der Waals surface area contributed by atoms with E-state index in [1.54, 1.807) is 11.1 Å². The van der Waals surface area contributed by atoms with Crippen molar-refractivity contribution in [3.63, 3.8) is 0 Å². The molecular weight excluding hydrogens is 462 g/mol. The number of nitrogen functional groups attached to an aromatic ring is 1. The van der Waals surface area contributed by atoms with E-state index >= 15 is 0 Å². The van der Waals surface area contributed by atoms with Gasteiger partial charge in [0.1, 0.15) is 22.9 Å². The summed E-state index contributed by atoms with van der Waals surface area (Å²) in [6, 6.07) is 20.3. The minimum Gasteiger partial charge on any atom is -0.382 e. The highest BCUT2D eigenvalue weighted by molar-refractivity contribution is 5.91. The van der Waals surface area contributed by atoms with E-state index in [-0.39, 0.29) is 18.0 Å². The number of likely N-dealkylation sites (tertiary alicyclic amines) is 1. The molecule has 37 heavy (non-hydrogen) atoms. The minimum absolute atomic E-state index is 0.0903. The standard InChI is InChI=1S/C29H29N7O/c1-2-22-16-21(12-14-35(22)29(31)37)28-34-25(26-27(30)32-13-15-36(26)28)20-9-8-19-10-11-23(33-24(19)17-20)18-6-4-3-5-7-18/h3-11,13,15,17,21-22H,2,12,14,16H2,1H3,(H2,30,32)(H2,31,37). The van der Waals surface area contributed by atoms with Crippen LogP contribution in [0.25, 0.3) is 38.9 Å². The molecule has 186 valence electrons. The lowest BCUT2D eigenvalue weighted by Gasteiger charge is -2.37. The van der Waals surface area contributed by atoms with Crippen LogP contribution in [0.4, 0.5) is 10.6 Å². The molecule has 3 aromatic heterocycles. The smallest absolute Gasteiger partial charge is 0.315 e. The van der Waals surface area contributed by atoms with Crippen molar-refractivity contribution >= 4 is 28.3 Å². The Morgan fingerprint density at radius 2 is 1.86 bits per heavy atom. The highest BCUT2D eigenvalue weighted by Crippen LogP contribution is 2.37. The first-order valence-electron chi connectivity index (χ1n) is 12.7. The van der Waals surface area contributed by atoms with Crippen LogP contribution >= 0.6 is 0 Å². The first kappa shape index (κ1) is 23.0. The van der Waals surface area contributed by atoms with Gasteiger partial charge in [-0.25, -0.2) is 19.7 Å². The number of hydrogen-bond acceptors (Lipinski definition) is 5. The van der Waals surface area contributed by atoms with E-state index < -0.39 is 0 Å². The van der Waals surface area contributed by atoms with Crippen molar-refractivity contribution in [2.75, 3.05) is 12.3 Å². The molecule has 2 atom stereocenters. The van der Waals surface area contributed by atoms with Gasteiger partial charge in [0.15, 0.2) is 0 Å². The molecule has 4 heterocycles. The van der Waals surface area contributed by atoms with Crippen molar-refractivity contribution in [2.45, 2.75) is 38.1 Å². The van der Waals surface area contributed by atoms with Crippen molar-refractivity contribution in [2.24, 2.45) is 5.73 Å². The van der Waals surface area contributed by atoms with Gasteiger partial charge in [0.05, 0.1) is 11.2 Å². The predicted octanol–water partition coefficient (Wildman–Crippen LogP) is 5.23. The number of carbonyl (C=O) groups excluding carboxylic acids is 1. The van der Waals surface area contributed by atoms with Gasteiger partial charge in [-0.05, 0) is 31.4 Å². The number of carbonyl (C=O) groups is 1. The number of imidazole rings is 1. The summed E-state index contributed by atoms with van der Waals surface area (Å²) in [5.41, 5.74) is 17.5. The van der Waals surface area contributed by atoms with E-state index in [4.69, 9.17) is 21.4 Å². The largest absolute Gasteiger partial charge is 0.382 e. The third-order valence-corrected chi connectivity index (χ3v) is 7.48. The number of fused-ring (bicyclic) bond motifs is 2. The maximum absolute atomic E-state index is 11.9. The van der Waals surface area contributed by atoms with E-state index in [1.165, 1.54) is 0 Å². The fraction of sp³-hybridized carbons (Fsp3) is 0.241. The van der Waals surface area contributed by atoms with Crippen molar-refractivity contribution in [3.8, 4) is 22.5 Å². The molecule has 8 heteroatoms. The lowest BCUT2D eigenvalue weighted by Crippen LogP contribution is -2.48. The number of aromatic nitrogens is 4. The maximum Gasteiger partial charge on any atom is 0.315 e. The Balaban J connectivity index is 1.45. The lowest BCUT2D eigenvalue weighted by molar-refractivity contribution is 0.146. The second kappa shape index (κ2) is 9.20. The highest BCUT2D eigenvalue weighted by atomic mass is 16.2. The molecule has 1 saturated heterocycles. The first-order chi connectivity index (χ1) is 18.0. The van der Waals surface area contributed by atoms with Crippen molar-refractivity contribution < 1.29 is 4.79 Å². The third-order valence-electron chi connectivity index (χ3n) is 7.48. The van der Waals surface area contributed by atoms with E-state index in [0.717, 1.165) is 64.0 Å². The van der Waals surface area contributed by atoms with Gasteiger partial charge in [-0.15, -0.1) is 0 Å². The van der Waals surface area contributed by atoms with Crippen LogP contribution < -0.4 is 11.5 Å². The van der Waals surface area contributed by atoms with Crippen LogP contribution in [0.5, 0.6) is 0 Å². The molecule has 4 N–H and O–H groups in total. The summed E-state index contributed by atoms with van der Waals surface area (Å²) in [5.74, 6) is 1.54. The van der Waals surface area contributed by atoms with Crippen LogP contribution in [0.15, 0.2) is 73.1 Å². The molecule has 0 radical (unpaired) electrons. The molecule has 0 aliphatic carbocycles. The van der Waals surface area contributed by atoms with Gasteiger partial charge in [-0.1, -0.05) is 55.5 Å². The van der Waals surface area contributed by atoms with E-state index in [9.17, 15) is 4.79 Å². The van der Waals surface area contributed by atoms with Gasteiger partial charge in [-0.2, -0.15) is 0 Å². The van der Waals surface area contributed by atoms with Gasteiger partial charge in [0.2, 0.25) is 0 Å².